The minimum atomic E-state index is -4.46. The second-order valence-electron chi connectivity index (χ2n) is 6.04. The van der Waals surface area contributed by atoms with Gasteiger partial charge < -0.3 is 15.5 Å². The third-order valence-corrected chi connectivity index (χ3v) is 4.50. The molecule has 0 unspecified atom stereocenters. The third-order valence-electron chi connectivity index (χ3n) is 4.22. The third kappa shape index (κ3) is 6.17. The molecule has 5 nitrogen and oxygen atoms in total. The van der Waals surface area contributed by atoms with E-state index in [1.165, 1.54) is 0 Å². The number of rotatable bonds is 6. The molecule has 0 spiro atoms. The maximum Gasteiger partial charge on any atom is 0.417 e. The average molecular weight is 415 g/mol. The zero-order valence-electron chi connectivity index (χ0n) is 14.4. The molecule has 2 rings (SSSR count). The van der Waals surface area contributed by atoms with E-state index in [2.05, 4.69) is 15.6 Å². The van der Waals surface area contributed by atoms with Gasteiger partial charge in [0.1, 0.15) is 5.82 Å². The van der Waals surface area contributed by atoms with E-state index in [0.717, 1.165) is 25.2 Å². The van der Waals surface area contributed by atoms with Crippen molar-refractivity contribution >= 4 is 35.7 Å². The van der Waals surface area contributed by atoms with Gasteiger partial charge in [0.05, 0.1) is 10.6 Å². The minimum absolute atomic E-state index is 0. The molecule has 0 bridgehead atoms. The number of halogens is 5. The highest BCUT2D eigenvalue weighted by Gasteiger charge is 2.32. The largest absolute Gasteiger partial charge is 0.417 e. The number of amides is 1. The van der Waals surface area contributed by atoms with Crippen molar-refractivity contribution in [3.05, 3.63) is 22.8 Å². The standard InChI is InChI=1S/C16H22ClF3N4O.ClH/c1-21-5-2-6-22-15(25)11-3-7-24(8-4-11)14-13(17)9-12(10-23-14)16(18,19)20;/h9-11,21H,2-8H2,1H3,(H,22,25);1H. The molecule has 10 heteroatoms. The highest BCUT2D eigenvalue weighted by Crippen LogP contribution is 2.34. The van der Waals surface area contributed by atoms with Crippen LogP contribution in [0.3, 0.4) is 0 Å². The van der Waals surface area contributed by atoms with Gasteiger partial charge in [-0.15, -0.1) is 12.4 Å². The van der Waals surface area contributed by atoms with Gasteiger partial charge in [0.2, 0.25) is 5.91 Å². The van der Waals surface area contributed by atoms with Gasteiger partial charge in [-0.3, -0.25) is 4.79 Å². The van der Waals surface area contributed by atoms with Crippen molar-refractivity contribution in [1.82, 2.24) is 15.6 Å². The quantitative estimate of drug-likeness (QED) is 0.702. The summed E-state index contributed by atoms with van der Waals surface area (Å²) in [6.45, 7) is 2.54. The van der Waals surface area contributed by atoms with Crippen LogP contribution in [0, 0.1) is 5.92 Å². The molecule has 0 atom stereocenters. The van der Waals surface area contributed by atoms with E-state index < -0.39 is 11.7 Å². The molecule has 1 amide bonds. The second kappa shape index (κ2) is 10.2. The first-order chi connectivity index (χ1) is 11.8. The zero-order valence-corrected chi connectivity index (χ0v) is 16.0. The molecule has 0 aliphatic carbocycles. The van der Waals surface area contributed by atoms with Crippen molar-refractivity contribution in [3.63, 3.8) is 0 Å². The van der Waals surface area contributed by atoms with Crippen LogP contribution in [0.4, 0.5) is 19.0 Å². The molecule has 2 heterocycles. The Bertz CT molecular complexity index is 593. The van der Waals surface area contributed by atoms with E-state index >= 15 is 0 Å². The molecule has 1 aromatic heterocycles. The van der Waals surface area contributed by atoms with Crippen LogP contribution in [0.25, 0.3) is 0 Å². The number of pyridine rings is 1. The Morgan fingerprint density at radius 2 is 2.00 bits per heavy atom. The normalized spacial score (nSPS) is 15.5. The van der Waals surface area contributed by atoms with Gasteiger partial charge in [-0.1, -0.05) is 11.6 Å². The van der Waals surface area contributed by atoms with Crippen molar-refractivity contribution < 1.29 is 18.0 Å². The summed E-state index contributed by atoms with van der Waals surface area (Å²) in [6, 6.07) is 0.893. The molecular formula is C16H23Cl2F3N4O. The van der Waals surface area contributed by atoms with Crippen molar-refractivity contribution in [2.75, 3.05) is 38.1 Å². The van der Waals surface area contributed by atoms with Crippen LogP contribution in [0.15, 0.2) is 12.3 Å². The van der Waals surface area contributed by atoms with Crippen LogP contribution < -0.4 is 15.5 Å². The van der Waals surface area contributed by atoms with Gasteiger partial charge in [0.15, 0.2) is 0 Å². The highest BCUT2D eigenvalue weighted by atomic mass is 35.5. The van der Waals surface area contributed by atoms with Crippen LogP contribution >= 0.6 is 24.0 Å². The van der Waals surface area contributed by atoms with E-state index in [1.807, 2.05) is 11.9 Å². The van der Waals surface area contributed by atoms with Crippen LogP contribution in [-0.2, 0) is 11.0 Å². The number of aromatic nitrogens is 1. The van der Waals surface area contributed by atoms with Gasteiger partial charge >= 0.3 is 6.18 Å². The first kappa shape index (κ1) is 22.8. The first-order valence-corrected chi connectivity index (χ1v) is 8.60. The van der Waals surface area contributed by atoms with Crippen LogP contribution in [0.1, 0.15) is 24.8 Å². The van der Waals surface area contributed by atoms with Gasteiger partial charge in [0.25, 0.3) is 0 Å². The van der Waals surface area contributed by atoms with Gasteiger partial charge in [-0.05, 0) is 38.9 Å². The SMILES string of the molecule is CNCCCNC(=O)C1CCN(c2ncc(C(F)(F)F)cc2Cl)CC1.Cl. The van der Waals surface area contributed by atoms with Crippen molar-refractivity contribution in [3.8, 4) is 0 Å². The Labute approximate surface area is 162 Å². The van der Waals surface area contributed by atoms with Crippen molar-refractivity contribution in [2.45, 2.75) is 25.4 Å². The number of carbonyl (C=O) groups is 1. The number of hydrogen-bond donors (Lipinski definition) is 2. The smallest absolute Gasteiger partial charge is 0.356 e. The lowest BCUT2D eigenvalue weighted by Gasteiger charge is -2.32. The Morgan fingerprint density at radius 1 is 1.35 bits per heavy atom. The molecular weight excluding hydrogens is 392 g/mol. The first-order valence-electron chi connectivity index (χ1n) is 8.23. The van der Waals surface area contributed by atoms with E-state index in [1.54, 1.807) is 0 Å². The highest BCUT2D eigenvalue weighted by molar-refractivity contribution is 6.33. The lowest BCUT2D eigenvalue weighted by atomic mass is 9.96. The predicted octanol–water partition coefficient (Wildman–Crippen LogP) is 3.12. The average Bonchev–Trinajstić information content (AvgIpc) is 2.58. The lowest BCUT2D eigenvalue weighted by molar-refractivity contribution is -0.137. The number of carbonyl (C=O) groups excluding carboxylic acids is 1. The second-order valence-corrected chi connectivity index (χ2v) is 6.44. The molecule has 1 aliphatic rings. The summed E-state index contributed by atoms with van der Waals surface area (Å²) in [5.41, 5.74) is -0.864. The molecule has 1 fully saturated rings. The molecule has 0 radical (unpaired) electrons. The lowest BCUT2D eigenvalue weighted by Crippen LogP contribution is -2.41. The molecule has 26 heavy (non-hydrogen) atoms. The van der Waals surface area contributed by atoms with Crippen LogP contribution in [0.5, 0.6) is 0 Å². The Hall–Kier alpha value is -1.25. The van der Waals surface area contributed by atoms with E-state index in [-0.39, 0.29) is 29.3 Å². The van der Waals surface area contributed by atoms with E-state index in [4.69, 9.17) is 11.6 Å². The summed E-state index contributed by atoms with van der Waals surface area (Å²) in [6.07, 6.45) is -1.56. The topological polar surface area (TPSA) is 57.3 Å². The van der Waals surface area contributed by atoms with Gasteiger partial charge in [-0.2, -0.15) is 13.2 Å². The molecule has 0 saturated carbocycles. The molecule has 2 N–H and O–H groups in total. The van der Waals surface area contributed by atoms with Crippen molar-refractivity contribution in [2.24, 2.45) is 5.92 Å². The monoisotopic (exact) mass is 414 g/mol. The van der Waals surface area contributed by atoms with Gasteiger partial charge in [0, 0.05) is 31.7 Å². The minimum Gasteiger partial charge on any atom is -0.356 e. The van der Waals surface area contributed by atoms with Gasteiger partial charge in [-0.25, -0.2) is 4.98 Å². The Balaban J connectivity index is 0.00000338. The van der Waals surface area contributed by atoms with Crippen molar-refractivity contribution in [1.29, 1.82) is 0 Å². The molecule has 1 aliphatic heterocycles. The Kier molecular flexibility index (Phi) is 8.92. The fourth-order valence-corrected chi connectivity index (χ4v) is 3.08. The predicted molar refractivity (Wildman–Crippen MR) is 98.0 cm³/mol. The molecule has 1 aromatic rings. The number of anilines is 1. The summed E-state index contributed by atoms with van der Waals surface area (Å²) in [7, 11) is 1.86. The summed E-state index contributed by atoms with van der Waals surface area (Å²) < 4.78 is 38.0. The van der Waals surface area contributed by atoms with Crippen LogP contribution in [-0.4, -0.2) is 44.1 Å². The zero-order chi connectivity index (χ0) is 18.4. The maximum absolute atomic E-state index is 12.7. The number of piperidine rings is 1. The maximum atomic E-state index is 12.7. The molecule has 148 valence electrons. The van der Waals surface area contributed by atoms with E-state index in [9.17, 15) is 18.0 Å². The fourth-order valence-electron chi connectivity index (χ4n) is 2.79. The number of nitrogens with one attached hydrogen (secondary N) is 2. The molecule has 1 saturated heterocycles. The summed E-state index contributed by atoms with van der Waals surface area (Å²) in [5.74, 6) is 0.281. The molecule has 0 aromatic carbocycles. The number of alkyl halides is 3. The summed E-state index contributed by atoms with van der Waals surface area (Å²) in [4.78, 5) is 17.8. The number of nitrogens with zero attached hydrogens (tertiary/aromatic N) is 2. The summed E-state index contributed by atoms with van der Waals surface area (Å²) in [5, 5.41) is 5.91. The number of hydrogen-bond acceptors (Lipinski definition) is 4. The Morgan fingerprint density at radius 3 is 2.54 bits per heavy atom. The summed E-state index contributed by atoms with van der Waals surface area (Å²) >= 11 is 5.98. The van der Waals surface area contributed by atoms with Crippen LogP contribution in [0.2, 0.25) is 5.02 Å². The van der Waals surface area contributed by atoms with E-state index in [0.29, 0.717) is 38.3 Å². The fraction of sp³-hybridized carbons (Fsp3) is 0.625.